The molecule has 0 radical (unpaired) electrons. The molecular weight excluding hydrogens is 266 g/mol. The van der Waals surface area contributed by atoms with Gasteiger partial charge < -0.3 is 5.32 Å². The lowest BCUT2D eigenvalue weighted by atomic mass is 10.1. The van der Waals surface area contributed by atoms with E-state index in [9.17, 15) is 0 Å². The van der Waals surface area contributed by atoms with Crippen LogP contribution in [0.25, 0.3) is 0 Å². The van der Waals surface area contributed by atoms with Gasteiger partial charge in [-0.25, -0.2) is 0 Å². The van der Waals surface area contributed by atoms with Crippen LogP contribution in [0.2, 0.25) is 0 Å². The molecule has 1 nitrogen and oxygen atoms in total. The SMILES string of the molecule is C1=C\C=C/C(CCCCCNC2=C/C=C\C=C/C=C\2)=C\C=C/1. The molecule has 0 spiro atoms. The van der Waals surface area contributed by atoms with E-state index >= 15 is 0 Å². The molecule has 22 heavy (non-hydrogen) atoms. The van der Waals surface area contributed by atoms with Crippen LogP contribution < -0.4 is 5.32 Å². The van der Waals surface area contributed by atoms with Crippen LogP contribution in [0.3, 0.4) is 0 Å². The van der Waals surface area contributed by atoms with E-state index in [-0.39, 0.29) is 0 Å². The zero-order valence-electron chi connectivity index (χ0n) is 13.1. The molecule has 114 valence electrons. The fraction of sp³-hybridized carbons (Fsp3) is 0.238. The van der Waals surface area contributed by atoms with Gasteiger partial charge in [-0.15, -0.1) is 0 Å². The molecule has 1 N–H and O–H groups in total. The summed E-state index contributed by atoms with van der Waals surface area (Å²) in [6.45, 7) is 1.03. The van der Waals surface area contributed by atoms with Gasteiger partial charge in [-0.2, -0.15) is 0 Å². The van der Waals surface area contributed by atoms with Crippen molar-refractivity contribution in [3.05, 3.63) is 96.3 Å². The largest absolute Gasteiger partial charge is 0.385 e. The third-order valence-corrected chi connectivity index (χ3v) is 3.53. The number of hydrogen-bond acceptors (Lipinski definition) is 1. The van der Waals surface area contributed by atoms with Gasteiger partial charge >= 0.3 is 0 Å². The molecule has 0 aliphatic heterocycles. The molecule has 0 amide bonds. The predicted molar refractivity (Wildman–Crippen MR) is 97.5 cm³/mol. The highest BCUT2D eigenvalue weighted by molar-refractivity contribution is 5.31. The van der Waals surface area contributed by atoms with Crippen molar-refractivity contribution in [1.29, 1.82) is 0 Å². The highest BCUT2D eigenvalue weighted by Crippen LogP contribution is 2.12. The summed E-state index contributed by atoms with van der Waals surface area (Å²) in [7, 11) is 0. The Morgan fingerprint density at radius 3 is 2.14 bits per heavy atom. The second-order valence-electron chi connectivity index (χ2n) is 5.36. The van der Waals surface area contributed by atoms with Gasteiger partial charge in [-0.3, -0.25) is 0 Å². The summed E-state index contributed by atoms with van der Waals surface area (Å²) < 4.78 is 0. The highest BCUT2D eigenvalue weighted by atomic mass is 14.9. The maximum absolute atomic E-state index is 3.49. The fourth-order valence-electron chi connectivity index (χ4n) is 2.32. The molecule has 0 aromatic heterocycles. The molecule has 0 aromatic carbocycles. The Balaban J connectivity index is 1.59. The summed E-state index contributed by atoms with van der Waals surface area (Å²) in [5.74, 6) is 0. The molecule has 1 heteroatoms. The first-order chi connectivity index (χ1) is 10.9. The van der Waals surface area contributed by atoms with Crippen molar-refractivity contribution in [2.45, 2.75) is 25.7 Å². The van der Waals surface area contributed by atoms with Crippen LogP contribution in [0.1, 0.15) is 25.7 Å². The molecule has 0 atom stereocenters. The maximum atomic E-state index is 3.49. The molecular formula is C21H25N. The number of hydrogen-bond donors (Lipinski definition) is 1. The van der Waals surface area contributed by atoms with Crippen molar-refractivity contribution in [3.8, 4) is 0 Å². The Bertz CT molecular complexity index is 511. The minimum Gasteiger partial charge on any atom is -0.385 e. The molecule has 0 unspecified atom stereocenters. The van der Waals surface area contributed by atoms with E-state index in [0.717, 1.165) is 13.0 Å². The average Bonchev–Trinajstić information content (AvgIpc) is 2.46. The first-order valence-electron chi connectivity index (χ1n) is 8.11. The minimum absolute atomic E-state index is 1.03. The fourth-order valence-corrected chi connectivity index (χ4v) is 2.32. The van der Waals surface area contributed by atoms with Crippen LogP contribution in [0.5, 0.6) is 0 Å². The Labute approximate surface area is 134 Å². The third kappa shape index (κ3) is 6.94. The van der Waals surface area contributed by atoms with E-state index in [0.29, 0.717) is 0 Å². The Morgan fingerprint density at radius 2 is 1.27 bits per heavy atom. The molecule has 0 fully saturated rings. The lowest BCUT2D eigenvalue weighted by Crippen LogP contribution is -2.13. The standard InChI is InChI=1S/C21H25N/c1-3-8-14-20(15-9-4-1)16-10-7-13-19-22-21-17-11-5-2-6-12-18-21/h1-6,8-9,11-12,14-15,17-18,22H,7,10,13,16,19H2/b3-1-,4-1?,5-2-,6-2?,8-3?,9-4-,11-5?,12-6-,14-8-,15-9?,17-11-,18-12?,20-14?,20-15+,21-17?,21-18+. The second kappa shape index (κ2) is 10.4. The Hall–Kier alpha value is -2.28. The molecule has 0 saturated carbocycles. The van der Waals surface area contributed by atoms with Crippen LogP contribution in [-0.2, 0) is 0 Å². The summed E-state index contributed by atoms with van der Waals surface area (Å²) >= 11 is 0. The summed E-state index contributed by atoms with van der Waals surface area (Å²) in [5.41, 5.74) is 2.60. The summed E-state index contributed by atoms with van der Waals surface area (Å²) in [4.78, 5) is 0. The van der Waals surface area contributed by atoms with E-state index in [1.54, 1.807) is 0 Å². The summed E-state index contributed by atoms with van der Waals surface area (Å²) in [6.07, 6.45) is 34.2. The first kappa shape index (κ1) is 16.1. The van der Waals surface area contributed by atoms with Crippen molar-refractivity contribution in [1.82, 2.24) is 5.32 Å². The van der Waals surface area contributed by atoms with Gasteiger partial charge in [0.15, 0.2) is 0 Å². The normalized spacial score (nSPS) is 30.0. The van der Waals surface area contributed by atoms with Gasteiger partial charge in [0.2, 0.25) is 0 Å². The van der Waals surface area contributed by atoms with E-state index < -0.39 is 0 Å². The predicted octanol–water partition coefficient (Wildman–Crippen LogP) is 5.31. The van der Waals surface area contributed by atoms with Gasteiger partial charge in [-0.1, -0.05) is 79.3 Å². The zero-order valence-corrected chi connectivity index (χ0v) is 13.1. The number of rotatable bonds is 7. The maximum Gasteiger partial charge on any atom is 0.0340 e. The zero-order chi connectivity index (χ0) is 15.3. The van der Waals surface area contributed by atoms with Gasteiger partial charge in [0.05, 0.1) is 0 Å². The van der Waals surface area contributed by atoms with Gasteiger partial charge in [0.1, 0.15) is 0 Å². The molecule has 0 bridgehead atoms. The smallest absolute Gasteiger partial charge is 0.0340 e. The van der Waals surface area contributed by atoms with Crippen LogP contribution in [0, 0.1) is 0 Å². The first-order valence-corrected chi connectivity index (χ1v) is 8.11. The van der Waals surface area contributed by atoms with Crippen molar-refractivity contribution < 1.29 is 0 Å². The van der Waals surface area contributed by atoms with Crippen LogP contribution >= 0.6 is 0 Å². The van der Waals surface area contributed by atoms with Crippen LogP contribution in [-0.4, -0.2) is 6.54 Å². The number of nitrogens with one attached hydrogen (secondary N) is 1. The molecule has 2 rings (SSSR count). The van der Waals surface area contributed by atoms with E-state index in [1.165, 1.54) is 30.5 Å². The third-order valence-electron chi connectivity index (χ3n) is 3.53. The van der Waals surface area contributed by atoms with E-state index in [2.05, 4.69) is 72.2 Å². The van der Waals surface area contributed by atoms with Gasteiger partial charge in [0.25, 0.3) is 0 Å². The monoisotopic (exact) mass is 291 g/mol. The number of allylic oxidation sites excluding steroid dienone is 15. The summed E-state index contributed by atoms with van der Waals surface area (Å²) in [6, 6.07) is 0. The molecule has 0 aromatic rings. The quantitative estimate of drug-likeness (QED) is 0.627. The summed E-state index contributed by atoms with van der Waals surface area (Å²) in [5, 5.41) is 3.49. The van der Waals surface area contributed by atoms with E-state index in [1.807, 2.05) is 18.2 Å². The average molecular weight is 291 g/mol. The van der Waals surface area contributed by atoms with Crippen molar-refractivity contribution in [3.63, 3.8) is 0 Å². The van der Waals surface area contributed by atoms with Crippen LogP contribution in [0.4, 0.5) is 0 Å². The van der Waals surface area contributed by atoms with E-state index in [4.69, 9.17) is 0 Å². The van der Waals surface area contributed by atoms with Crippen LogP contribution in [0.15, 0.2) is 96.3 Å². The van der Waals surface area contributed by atoms with Gasteiger partial charge in [-0.05, 0) is 37.0 Å². The molecule has 0 saturated heterocycles. The van der Waals surface area contributed by atoms with Crippen molar-refractivity contribution >= 4 is 0 Å². The number of unbranched alkanes of at least 4 members (excludes halogenated alkanes) is 2. The lowest BCUT2D eigenvalue weighted by molar-refractivity contribution is 0.648. The van der Waals surface area contributed by atoms with Gasteiger partial charge in [0, 0.05) is 12.2 Å². The molecule has 2 aliphatic rings. The Morgan fingerprint density at radius 1 is 0.591 bits per heavy atom. The second-order valence-corrected chi connectivity index (χ2v) is 5.36. The Kier molecular flexibility index (Phi) is 7.64. The van der Waals surface area contributed by atoms with Crippen molar-refractivity contribution in [2.24, 2.45) is 0 Å². The minimum atomic E-state index is 1.03. The topological polar surface area (TPSA) is 12.0 Å². The molecule has 2 aliphatic carbocycles. The molecule has 0 heterocycles. The highest BCUT2D eigenvalue weighted by Gasteiger charge is 1.95. The lowest BCUT2D eigenvalue weighted by Gasteiger charge is -2.07. The van der Waals surface area contributed by atoms with Crippen molar-refractivity contribution in [2.75, 3.05) is 6.54 Å².